The number of rotatable bonds is 3. The number of hydrogen-bond donors (Lipinski definition) is 2. The van der Waals surface area contributed by atoms with E-state index in [0.717, 1.165) is 33.1 Å². The van der Waals surface area contributed by atoms with Gasteiger partial charge < -0.3 is 15.9 Å². The number of para-hydroxylation sites is 1. The maximum absolute atomic E-state index is 6.28. The third kappa shape index (κ3) is 2.43. The molecule has 3 aromatic carbocycles. The van der Waals surface area contributed by atoms with Gasteiger partial charge in [0, 0.05) is 16.3 Å². The van der Waals surface area contributed by atoms with Gasteiger partial charge in [-0.25, -0.2) is 4.99 Å². The smallest absolute Gasteiger partial charge is 0.136 e. The van der Waals surface area contributed by atoms with Crippen molar-refractivity contribution in [2.45, 2.75) is 6.17 Å². The zero-order valence-corrected chi connectivity index (χ0v) is 13.0. The molecule has 0 radical (unpaired) electrons. The van der Waals surface area contributed by atoms with Crippen LogP contribution in [-0.2, 0) is 0 Å². The number of hydrogen-bond acceptors (Lipinski definition) is 3. The highest BCUT2D eigenvalue weighted by Gasteiger charge is 2.13. The van der Waals surface area contributed by atoms with Crippen LogP contribution in [0.25, 0.3) is 21.9 Å². The quantitative estimate of drug-likeness (QED) is 0.444. The molecule has 1 heterocycles. The van der Waals surface area contributed by atoms with E-state index in [4.69, 9.17) is 15.9 Å². The Balaban J connectivity index is 1.85. The highest BCUT2D eigenvalue weighted by molar-refractivity contribution is 6.17. The van der Waals surface area contributed by atoms with Gasteiger partial charge in [-0.15, -0.1) is 0 Å². The molecule has 4 rings (SSSR count). The van der Waals surface area contributed by atoms with E-state index in [2.05, 4.69) is 4.99 Å². The number of nitrogens with two attached hydrogens (primary N) is 2. The molecule has 4 nitrogen and oxygen atoms in total. The van der Waals surface area contributed by atoms with Gasteiger partial charge in [-0.3, -0.25) is 0 Å². The monoisotopic (exact) mass is 315 g/mol. The Labute approximate surface area is 139 Å². The molecule has 4 heteroatoms. The predicted molar refractivity (Wildman–Crippen MR) is 97.8 cm³/mol. The fourth-order valence-corrected chi connectivity index (χ4v) is 2.93. The zero-order chi connectivity index (χ0) is 16.5. The second-order valence-corrected chi connectivity index (χ2v) is 5.65. The van der Waals surface area contributed by atoms with Gasteiger partial charge in [0.05, 0.1) is 0 Å². The van der Waals surface area contributed by atoms with Crippen LogP contribution in [0.2, 0.25) is 0 Å². The Morgan fingerprint density at radius 2 is 1.54 bits per heavy atom. The molecular formula is C20H17N3O. The molecule has 0 aliphatic carbocycles. The lowest BCUT2D eigenvalue weighted by atomic mass is 10.1. The summed E-state index contributed by atoms with van der Waals surface area (Å²) < 4.78 is 5.89. The van der Waals surface area contributed by atoms with Crippen molar-refractivity contribution < 1.29 is 4.42 Å². The number of fused-ring (bicyclic) bond motifs is 3. The maximum Gasteiger partial charge on any atom is 0.136 e. The standard InChI is InChI=1S/C20H17N3O/c21-19(13-7-2-1-3-8-13)23-20(22)15-10-6-12-17-18(15)14-9-4-5-11-16(14)24-17/h1-12,19H,21H2,(H2,22,23). The van der Waals surface area contributed by atoms with Crippen LogP contribution in [0, 0.1) is 0 Å². The van der Waals surface area contributed by atoms with Gasteiger partial charge in [0.25, 0.3) is 0 Å². The highest BCUT2D eigenvalue weighted by Crippen LogP contribution is 2.31. The van der Waals surface area contributed by atoms with Crippen molar-refractivity contribution in [2.75, 3.05) is 0 Å². The second-order valence-electron chi connectivity index (χ2n) is 5.65. The molecule has 0 saturated heterocycles. The summed E-state index contributed by atoms with van der Waals surface area (Å²) in [6.07, 6.45) is -0.500. The minimum Gasteiger partial charge on any atom is -0.456 e. The Hall–Kier alpha value is -3.11. The number of amidine groups is 1. The number of furan rings is 1. The molecule has 0 aliphatic rings. The molecule has 1 aromatic heterocycles. The predicted octanol–water partition coefficient (Wildman–Crippen LogP) is 3.95. The number of benzene rings is 3. The largest absolute Gasteiger partial charge is 0.456 e. The first-order valence-electron chi connectivity index (χ1n) is 7.78. The van der Waals surface area contributed by atoms with Crippen LogP contribution in [0.15, 0.2) is 82.2 Å². The SMILES string of the molecule is N/C(=N\C(N)c1ccccc1)c1cccc2oc3ccccc3c12. The molecule has 0 saturated carbocycles. The van der Waals surface area contributed by atoms with Crippen LogP contribution in [0.5, 0.6) is 0 Å². The van der Waals surface area contributed by atoms with Crippen molar-refractivity contribution in [3.63, 3.8) is 0 Å². The topological polar surface area (TPSA) is 77.5 Å². The molecular weight excluding hydrogens is 298 g/mol. The lowest BCUT2D eigenvalue weighted by molar-refractivity contribution is 0.669. The van der Waals surface area contributed by atoms with E-state index in [1.165, 1.54) is 0 Å². The van der Waals surface area contributed by atoms with Crippen LogP contribution in [0.3, 0.4) is 0 Å². The van der Waals surface area contributed by atoms with Gasteiger partial charge in [0.15, 0.2) is 0 Å². The average molecular weight is 315 g/mol. The zero-order valence-electron chi connectivity index (χ0n) is 13.0. The first-order valence-corrected chi connectivity index (χ1v) is 7.78. The Kier molecular flexibility index (Phi) is 3.52. The first kappa shape index (κ1) is 14.5. The minimum atomic E-state index is -0.500. The average Bonchev–Trinajstić information content (AvgIpc) is 3.01. The van der Waals surface area contributed by atoms with Crippen LogP contribution >= 0.6 is 0 Å². The van der Waals surface area contributed by atoms with E-state index < -0.39 is 6.17 Å². The van der Waals surface area contributed by atoms with Crippen LogP contribution in [-0.4, -0.2) is 5.84 Å². The van der Waals surface area contributed by atoms with Crippen LogP contribution < -0.4 is 11.5 Å². The minimum absolute atomic E-state index is 0.406. The number of aliphatic imine (C=N–C) groups is 1. The summed E-state index contributed by atoms with van der Waals surface area (Å²) in [7, 11) is 0. The Morgan fingerprint density at radius 3 is 2.38 bits per heavy atom. The summed E-state index contributed by atoms with van der Waals surface area (Å²) in [5, 5.41) is 1.99. The summed E-state index contributed by atoms with van der Waals surface area (Å²) in [6, 6.07) is 23.4. The molecule has 118 valence electrons. The lowest BCUT2D eigenvalue weighted by Gasteiger charge is -2.09. The van der Waals surface area contributed by atoms with E-state index in [1.807, 2.05) is 72.8 Å². The molecule has 4 N–H and O–H groups in total. The van der Waals surface area contributed by atoms with Crippen molar-refractivity contribution in [3.05, 3.63) is 83.9 Å². The Bertz CT molecular complexity index is 1030. The molecule has 0 aliphatic heterocycles. The van der Waals surface area contributed by atoms with Crippen molar-refractivity contribution in [3.8, 4) is 0 Å². The molecule has 0 amide bonds. The van der Waals surface area contributed by atoms with Crippen molar-refractivity contribution in [2.24, 2.45) is 16.5 Å². The summed E-state index contributed by atoms with van der Waals surface area (Å²) in [5.41, 5.74) is 15.8. The van der Waals surface area contributed by atoms with Gasteiger partial charge in [-0.05, 0) is 17.7 Å². The van der Waals surface area contributed by atoms with Gasteiger partial charge in [0.1, 0.15) is 23.2 Å². The van der Waals surface area contributed by atoms with Gasteiger partial charge in [-0.2, -0.15) is 0 Å². The van der Waals surface area contributed by atoms with E-state index >= 15 is 0 Å². The van der Waals surface area contributed by atoms with Crippen LogP contribution in [0.1, 0.15) is 17.3 Å². The van der Waals surface area contributed by atoms with Crippen LogP contribution in [0.4, 0.5) is 0 Å². The van der Waals surface area contributed by atoms with Crippen molar-refractivity contribution in [1.29, 1.82) is 0 Å². The third-order valence-electron chi connectivity index (χ3n) is 4.10. The highest BCUT2D eigenvalue weighted by atomic mass is 16.3. The fraction of sp³-hybridized carbons (Fsp3) is 0.0500. The maximum atomic E-state index is 6.28. The Morgan fingerprint density at radius 1 is 0.833 bits per heavy atom. The summed E-state index contributed by atoms with van der Waals surface area (Å²) in [5.74, 6) is 0.406. The molecule has 4 aromatic rings. The number of nitrogens with zero attached hydrogens (tertiary/aromatic N) is 1. The van der Waals surface area contributed by atoms with Gasteiger partial charge >= 0.3 is 0 Å². The van der Waals surface area contributed by atoms with Crippen molar-refractivity contribution >= 4 is 27.8 Å². The fourth-order valence-electron chi connectivity index (χ4n) is 2.93. The molecule has 1 atom stereocenters. The van der Waals surface area contributed by atoms with E-state index in [1.54, 1.807) is 0 Å². The first-order chi connectivity index (χ1) is 11.7. The molecule has 24 heavy (non-hydrogen) atoms. The third-order valence-corrected chi connectivity index (χ3v) is 4.10. The normalized spacial score (nSPS) is 13.5. The van der Waals surface area contributed by atoms with Crippen molar-refractivity contribution in [1.82, 2.24) is 0 Å². The molecule has 0 fully saturated rings. The molecule has 0 spiro atoms. The summed E-state index contributed by atoms with van der Waals surface area (Å²) in [4.78, 5) is 4.48. The van der Waals surface area contributed by atoms with Gasteiger partial charge in [0.2, 0.25) is 0 Å². The molecule has 1 unspecified atom stereocenters. The van der Waals surface area contributed by atoms with E-state index in [0.29, 0.717) is 5.84 Å². The summed E-state index contributed by atoms with van der Waals surface area (Å²) >= 11 is 0. The second kappa shape index (κ2) is 5.83. The van der Waals surface area contributed by atoms with E-state index in [9.17, 15) is 0 Å². The van der Waals surface area contributed by atoms with Gasteiger partial charge in [-0.1, -0.05) is 60.7 Å². The summed E-state index contributed by atoms with van der Waals surface area (Å²) in [6.45, 7) is 0. The van der Waals surface area contributed by atoms with E-state index in [-0.39, 0.29) is 0 Å². The molecule has 0 bridgehead atoms. The lowest BCUT2D eigenvalue weighted by Crippen LogP contribution is -2.18.